The van der Waals surface area contributed by atoms with Crippen molar-refractivity contribution < 1.29 is 5.11 Å². The van der Waals surface area contributed by atoms with E-state index in [0.29, 0.717) is 12.4 Å². The second kappa shape index (κ2) is 7.55. The third-order valence-electron chi connectivity index (χ3n) is 4.29. The van der Waals surface area contributed by atoms with Crippen molar-refractivity contribution in [3.63, 3.8) is 0 Å². The van der Waals surface area contributed by atoms with E-state index in [1.54, 1.807) is 0 Å². The summed E-state index contributed by atoms with van der Waals surface area (Å²) in [5.41, 5.74) is 7.73. The molecule has 2 aromatic rings. The number of β-amino-alcohol motifs (C(OH)–C–C–N with tert-alkyl or cyclic N) is 1. The van der Waals surface area contributed by atoms with Crippen LogP contribution in [0.4, 0.5) is 5.82 Å². The van der Waals surface area contributed by atoms with Gasteiger partial charge in [-0.2, -0.15) is 0 Å². The van der Waals surface area contributed by atoms with Crippen LogP contribution in [0.2, 0.25) is 0 Å². The van der Waals surface area contributed by atoms with E-state index < -0.39 is 6.10 Å². The molecule has 1 aliphatic heterocycles. The van der Waals surface area contributed by atoms with Gasteiger partial charge in [-0.25, -0.2) is 4.98 Å². The molecule has 0 radical (unpaired) electrons. The molecule has 5 nitrogen and oxygen atoms in total. The Morgan fingerprint density at radius 1 is 0.957 bits per heavy atom. The lowest BCUT2D eigenvalue weighted by molar-refractivity contribution is 0.0697. The van der Waals surface area contributed by atoms with Crippen LogP contribution in [-0.2, 0) is 6.54 Å². The Bertz CT molecular complexity index is 611. The van der Waals surface area contributed by atoms with E-state index in [9.17, 15) is 5.11 Å². The molecule has 1 saturated heterocycles. The molecular weight excluding hydrogens is 288 g/mol. The molecule has 5 heteroatoms. The maximum atomic E-state index is 10.3. The summed E-state index contributed by atoms with van der Waals surface area (Å²) >= 11 is 0. The van der Waals surface area contributed by atoms with Gasteiger partial charge in [0.05, 0.1) is 11.8 Å². The van der Waals surface area contributed by atoms with E-state index in [-0.39, 0.29) is 0 Å². The molecule has 1 atom stereocenters. The Morgan fingerprint density at radius 3 is 2.35 bits per heavy atom. The Kier molecular flexibility index (Phi) is 5.23. The second-order valence-electron chi connectivity index (χ2n) is 6.06. The fourth-order valence-corrected chi connectivity index (χ4v) is 2.97. The lowest BCUT2D eigenvalue weighted by atomic mass is 10.1. The number of hydrogen-bond donors (Lipinski definition) is 2. The van der Waals surface area contributed by atoms with Gasteiger partial charge in [0, 0.05) is 39.3 Å². The lowest BCUT2D eigenvalue weighted by Crippen LogP contribution is -2.47. The van der Waals surface area contributed by atoms with Crippen molar-refractivity contribution in [1.82, 2.24) is 14.8 Å². The Morgan fingerprint density at radius 2 is 1.65 bits per heavy atom. The van der Waals surface area contributed by atoms with Crippen LogP contribution < -0.4 is 5.73 Å². The molecule has 2 heterocycles. The zero-order chi connectivity index (χ0) is 16.1. The maximum absolute atomic E-state index is 10.3. The van der Waals surface area contributed by atoms with Crippen LogP contribution in [0.5, 0.6) is 0 Å². The normalized spacial score (nSPS) is 18.0. The number of nitrogens with two attached hydrogens (primary N) is 1. The van der Waals surface area contributed by atoms with E-state index in [0.717, 1.165) is 44.0 Å². The number of hydrogen-bond acceptors (Lipinski definition) is 5. The average molecular weight is 312 g/mol. The minimum absolute atomic E-state index is 0.418. The summed E-state index contributed by atoms with van der Waals surface area (Å²) in [5.74, 6) is 0.576. The highest BCUT2D eigenvalue weighted by Gasteiger charge is 2.20. The summed E-state index contributed by atoms with van der Waals surface area (Å²) in [5, 5.41) is 10.3. The minimum atomic E-state index is -0.418. The predicted molar refractivity (Wildman–Crippen MR) is 91.8 cm³/mol. The molecule has 0 spiro atoms. The zero-order valence-corrected chi connectivity index (χ0v) is 13.3. The molecule has 0 saturated carbocycles. The molecule has 23 heavy (non-hydrogen) atoms. The van der Waals surface area contributed by atoms with E-state index in [2.05, 4.69) is 14.8 Å². The zero-order valence-electron chi connectivity index (χ0n) is 13.3. The number of pyridine rings is 1. The smallest absolute Gasteiger partial charge is 0.123 e. The molecule has 122 valence electrons. The molecule has 0 amide bonds. The topological polar surface area (TPSA) is 65.6 Å². The summed E-state index contributed by atoms with van der Waals surface area (Å²) in [6.45, 7) is 5.42. The first kappa shape index (κ1) is 15.9. The first-order chi connectivity index (χ1) is 11.2. The number of rotatable bonds is 5. The summed E-state index contributed by atoms with van der Waals surface area (Å²) in [7, 11) is 0. The molecular formula is C18H24N4O. The molecule has 0 aliphatic carbocycles. The van der Waals surface area contributed by atoms with Gasteiger partial charge in [0.25, 0.3) is 0 Å². The molecule has 1 unspecified atom stereocenters. The Balaban J connectivity index is 1.47. The molecule has 1 fully saturated rings. The summed E-state index contributed by atoms with van der Waals surface area (Å²) in [6, 6.07) is 15.6. The van der Waals surface area contributed by atoms with Gasteiger partial charge in [-0.15, -0.1) is 0 Å². The van der Waals surface area contributed by atoms with Crippen LogP contribution in [0, 0.1) is 0 Å². The number of benzene rings is 1. The van der Waals surface area contributed by atoms with Gasteiger partial charge in [-0.3, -0.25) is 9.80 Å². The van der Waals surface area contributed by atoms with Crippen LogP contribution >= 0.6 is 0 Å². The van der Waals surface area contributed by atoms with Gasteiger partial charge in [-0.1, -0.05) is 36.4 Å². The summed E-state index contributed by atoms with van der Waals surface area (Å²) < 4.78 is 0. The van der Waals surface area contributed by atoms with Crippen LogP contribution in [-0.4, -0.2) is 52.6 Å². The van der Waals surface area contributed by atoms with Crippen molar-refractivity contribution in [2.45, 2.75) is 12.6 Å². The van der Waals surface area contributed by atoms with Crippen molar-refractivity contribution in [3.8, 4) is 0 Å². The lowest BCUT2D eigenvalue weighted by Gasteiger charge is -2.35. The quantitative estimate of drug-likeness (QED) is 0.876. The van der Waals surface area contributed by atoms with Crippen LogP contribution in [0.15, 0.2) is 48.5 Å². The second-order valence-corrected chi connectivity index (χ2v) is 6.06. The molecule has 1 aromatic heterocycles. The molecule has 0 bridgehead atoms. The van der Waals surface area contributed by atoms with E-state index in [4.69, 9.17) is 5.73 Å². The van der Waals surface area contributed by atoms with Crippen molar-refractivity contribution in [1.29, 1.82) is 0 Å². The fourth-order valence-electron chi connectivity index (χ4n) is 2.97. The Labute approximate surface area is 137 Å². The van der Waals surface area contributed by atoms with Crippen molar-refractivity contribution in [2.24, 2.45) is 0 Å². The highest BCUT2D eigenvalue weighted by molar-refractivity contribution is 5.28. The molecule has 3 rings (SSSR count). The largest absolute Gasteiger partial charge is 0.387 e. The van der Waals surface area contributed by atoms with Crippen LogP contribution in [0.3, 0.4) is 0 Å². The number of aliphatic hydroxyl groups is 1. The highest BCUT2D eigenvalue weighted by atomic mass is 16.3. The van der Waals surface area contributed by atoms with E-state index in [1.165, 1.54) is 0 Å². The first-order valence-electron chi connectivity index (χ1n) is 8.10. The number of nitrogens with zero attached hydrogens (tertiary/aromatic N) is 3. The van der Waals surface area contributed by atoms with Crippen molar-refractivity contribution in [2.75, 3.05) is 38.5 Å². The van der Waals surface area contributed by atoms with Crippen LogP contribution in [0.25, 0.3) is 0 Å². The number of aliphatic hydroxyl groups excluding tert-OH is 1. The highest BCUT2D eigenvalue weighted by Crippen LogP contribution is 2.15. The van der Waals surface area contributed by atoms with Crippen LogP contribution in [0.1, 0.15) is 17.4 Å². The maximum Gasteiger partial charge on any atom is 0.123 e. The van der Waals surface area contributed by atoms with Gasteiger partial charge in [-0.05, 0) is 17.7 Å². The fraction of sp³-hybridized carbons (Fsp3) is 0.389. The number of piperazine rings is 1. The van der Waals surface area contributed by atoms with Gasteiger partial charge >= 0.3 is 0 Å². The first-order valence-corrected chi connectivity index (χ1v) is 8.10. The Hall–Kier alpha value is -1.95. The third-order valence-corrected chi connectivity index (χ3v) is 4.29. The summed E-state index contributed by atoms with van der Waals surface area (Å²) in [4.78, 5) is 9.06. The molecule has 1 aliphatic rings. The monoisotopic (exact) mass is 312 g/mol. The minimum Gasteiger partial charge on any atom is -0.387 e. The van der Waals surface area contributed by atoms with Crippen molar-refractivity contribution in [3.05, 3.63) is 59.8 Å². The standard InChI is InChI=1S/C18H24N4O/c19-18-8-4-7-16(20-18)13-21-9-11-22(12-10-21)14-17(23)15-5-2-1-3-6-15/h1-8,17,23H,9-14H2,(H2,19,20). The van der Waals surface area contributed by atoms with E-state index in [1.807, 2.05) is 48.5 Å². The van der Waals surface area contributed by atoms with Gasteiger partial charge < -0.3 is 10.8 Å². The number of anilines is 1. The third kappa shape index (κ3) is 4.51. The molecule has 1 aromatic carbocycles. The predicted octanol–water partition coefficient (Wildman–Crippen LogP) is 1.52. The van der Waals surface area contributed by atoms with Gasteiger partial charge in [0.2, 0.25) is 0 Å². The van der Waals surface area contributed by atoms with Gasteiger partial charge in [0.15, 0.2) is 0 Å². The average Bonchev–Trinajstić information content (AvgIpc) is 2.57. The number of aromatic nitrogens is 1. The van der Waals surface area contributed by atoms with E-state index >= 15 is 0 Å². The van der Waals surface area contributed by atoms with Gasteiger partial charge in [0.1, 0.15) is 5.82 Å². The number of nitrogen functional groups attached to an aromatic ring is 1. The SMILES string of the molecule is Nc1cccc(CN2CCN(CC(O)c3ccccc3)CC2)n1. The summed E-state index contributed by atoms with van der Waals surface area (Å²) in [6.07, 6.45) is -0.418. The molecule has 3 N–H and O–H groups in total. The van der Waals surface area contributed by atoms with Crippen molar-refractivity contribution >= 4 is 5.82 Å².